The van der Waals surface area contributed by atoms with E-state index in [1.165, 1.54) is 6.20 Å². The number of hydrogen-bond donors (Lipinski definition) is 0. The molecule has 0 aliphatic heterocycles. The van der Waals surface area contributed by atoms with Crippen molar-refractivity contribution in [2.24, 2.45) is 13.0 Å². The number of fused-ring (bicyclic) bond motifs is 1. The molecular formula is C16H16N2O3. The van der Waals surface area contributed by atoms with Gasteiger partial charge in [-0.3, -0.25) is 14.3 Å². The highest BCUT2D eigenvalue weighted by atomic mass is 16.5. The second-order valence-corrected chi connectivity index (χ2v) is 5.25. The van der Waals surface area contributed by atoms with Gasteiger partial charge in [-0.25, -0.2) is 0 Å². The summed E-state index contributed by atoms with van der Waals surface area (Å²) >= 11 is 0. The maximum Gasteiger partial charge on any atom is 0.176 e. The summed E-state index contributed by atoms with van der Waals surface area (Å²) in [5, 5.41) is 3.99. The van der Waals surface area contributed by atoms with Gasteiger partial charge in [-0.05, 0) is 30.5 Å². The quantitative estimate of drug-likeness (QED) is 0.639. The number of ketones is 2. The number of methoxy groups -OCH3 is 1. The SMILES string of the molecule is COc1ccc2c(c1)C(=O)C(C(=O)c1cnn(C)c1)CC2. The third-order valence-corrected chi connectivity index (χ3v) is 3.91. The molecule has 1 aliphatic carbocycles. The molecule has 1 heterocycles. The molecule has 0 fully saturated rings. The van der Waals surface area contributed by atoms with Gasteiger partial charge < -0.3 is 4.74 Å². The van der Waals surface area contributed by atoms with E-state index >= 15 is 0 Å². The zero-order chi connectivity index (χ0) is 15.0. The number of ether oxygens (including phenoxy) is 1. The summed E-state index contributed by atoms with van der Waals surface area (Å²) in [6, 6.07) is 5.46. The third kappa shape index (κ3) is 2.35. The second-order valence-electron chi connectivity index (χ2n) is 5.25. The average molecular weight is 284 g/mol. The zero-order valence-electron chi connectivity index (χ0n) is 12.0. The van der Waals surface area contributed by atoms with Crippen molar-refractivity contribution in [3.63, 3.8) is 0 Å². The monoisotopic (exact) mass is 284 g/mol. The molecular weight excluding hydrogens is 268 g/mol. The van der Waals surface area contributed by atoms with Gasteiger partial charge in [0.25, 0.3) is 0 Å². The Morgan fingerprint density at radius 2 is 2.24 bits per heavy atom. The van der Waals surface area contributed by atoms with Crippen molar-refractivity contribution in [3.05, 3.63) is 47.3 Å². The van der Waals surface area contributed by atoms with E-state index in [2.05, 4.69) is 5.10 Å². The van der Waals surface area contributed by atoms with Crippen LogP contribution in [0.4, 0.5) is 0 Å². The van der Waals surface area contributed by atoms with E-state index in [1.54, 1.807) is 31.1 Å². The minimum absolute atomic E-state index is 0.121. The lowest BCUT2D eigenvalue weighted by atomic mass is 9.79. The number of nitrogens with zero attached hydrogens (tertiary/aromatic N) is 2. The summed E-state index contributed by atoms with van der Waals surface area (Å²) in [6.45, 7) is 0. The summed E-state index contributed by atoms with van der Waals surface area (Å²) in [7, 11) is 3.31. The molecule has 0 N–H and O–H groups in total. The van der Waals surface area contributed by atoms with Crippen LogP contribution in [0.5, 0.6) is 5.75 Å². The largest absolute Gasteiger partial charge is 0.497 e. The highest BCUT2D eigenvalue weighted by molar-refractivity contribution is 6.17. The predicted molar refractivity (Wildman–Crippen MR) is 76.7 cm³/mol. The van der Waals surface area contributed by atoms with Crippen molar-refractivity contribution >= 4 is 11.6 Å². The maximum atomic E-state index is 12.6. The molecule has 1 atom stereocenters. The number of hydrogen-bond acceptors (Lipinski definition) is 4. The fourth-order valence-electron chi connectivity index (χ4n) is 2.75. The molecule has 2 aromatic rings. The van der Waals surface area contributed by atoms with Crippen molar-refractivity contribution in [2.45, 2.75) is 12.8 Å². The first kappa shape index (κ1) is 13.5. The van der Waals surface area contributed by atoms with Crippen LogP contribution in [0.1, 0.15) is 32.7 Å². The number of aryl methyl sites for hydroxylation is 2. The number of Topliss-reactive ketones (excluding diaryl/α,β-unsaturated/α-hetero) is 2. The smallest absolute Gasteiger partial charge is 0.176 e. The molecule has 3 rings (SSSR count). The zero-order valence-corrected chi connectivity index (χ0v) is 12.0. The Balaban J connectivity index is 1.93. The lowest BCUT2D eigenvalue weighted by Crippen LogP contribution is -2.29. The van der Waals surface area contributed by atoms with Crippen LogP contribution in [0.2, 0.25) is 0 Å². The van der Waals surface area contributed by atoms with E-state index in [4.69, 9.17) is 4.74 Å². The van der Waals surface area contributed by atoms with E-state index in [1.807, 2.05) is 12.1 Å². The molecule has 108 valence electrons. The minimum atomic E-state index is -0.617. The fourth-order valence-corrected chi connectivity index (χ4v) is 2.75. The number of benzene rings is 1. The lowest BCUT2D eigenvalue weighted by Gasteiger charge is -2.22. The van der Waals surface area contributed by atoms with Gasteiger partial charge in [-0.2, -0.15) is 5.10 Å². The van der Waals surface area contributed by atoms with Crippen LogP contribution in [-0.4, -0.2) is 28.5 Å². The normalized spacial score (nSPS) is 17.4. The Labute approximate surface area is 122 Å². The van der Waals surface area contributed by atoms with E-state index in [9.17, 15) is 9.59 Å². The van der Waals surface area contributed by atoms with Crippen LogP contribution in [0, 0.1) is 5.92 Å². The lowest BCUT2D eigenvalue weighted by molar-refractivity contribution is 0.0790. The van der Waals surface area contributed by atoms with Crippen LogP contribution in [0.3, 0.4) is 0 Å². The second kappa shape index (κ2) is 5.16. The van der Waals surface area contributed by atoms with Crippen molar-refractivity contribution in [1.82, 2.24) is 9.78 Å². The van der Waals surface area contributed by atoms with Crippen LogP contribution >= 0.6 is 0 Å². The highest BCUT2D eigenvalue weighted by Crippen LogP contribution is 2.30. The Bertz CT molecular complexity index is 718. The summed E-state index contributed by atoms with van der Waals surface area (Å²) in [6.07, 6.45) is 4.43. The average Bonchev–Trinajstić information content (AvgIpc) is 2.93. The van der Waals surface area contributed by atoms with Gasteiger partial charge in [0.05, 0.1) is 24.8 Å². The van der Waals surface area contributed by atoms with Crippen LogP contribution < -0.4 is 4.74 Å². The molecule has 0 bridgehead atoms. The van der Waals surface area contributed by atoms with Crippen LogP contribution in [0.15, 0.2) is 30.6 Å². The molecule has 1 aromatic carbocycles. The topological polar surface area (TPSA) is 61.2 Å². The van der Waals surface area contributed by atoms with Gasteiger partial charge in [0.1, 0.15) is 5.75 Å². The molecule has 0 saturated carbocycles. The molecule has 1 aliphatic rings. The van der Waals surface area contributed by atoms with E-state index in [0.717, 1.165) is 12.0 Å². The minimum Gasteiger partial charge on any atom is -0.497 e. The summed E-state index contributed by atoms with van der Waals surface area (Å²) < 4.78 is 6.73. The van der Waals surface area contributed by atoms with E-state index in [-0.39, 0.29) is 11.6 Å². The molecule has 1 unspecified atom stereocenters. The highest BCUT2D eigenvalue weighted by Gasteiger charge is 2.33. The Kier molecular flexibility index (Phi) is 3.33. The maximum absolute atomic E-state index is 12.6. The van der Waals surface area contributed by atoms with Gasteiger partial charge in [0, 0.05) is 18.8 Å². The van der Waals surface area contributed by atoms with Crippen LogP contribution in [0.25, 0.3) is 0 Å². The van der Waals surface area contributed by atoms with Gasteiger partial charge in [-0.1, -0.05) is 6.07 Å². The third-order valence-electron chi connectivity index (χ3n) is 3.91. The van der Waals surface area contributed by atoms with Gasteiger partial charge in [0.2, 0.25) is 0 Å². The number of carbonyl (C=O) groups excluding carboxylic acids is 2. The molecule has 0 spiro atoms. The molecule has 5 nitrogen and oxygen atoms in total. The summed E-state index contributed by atoms with van der Waals surface area (Å²) in [5.74, 6) is -0.254. The Hall–Kier alpha value is -2.43. The van der Waals surface area contributed by atoms with Gasteiger partial charge in [-0.15, -0.1) is 0 Å². The van der Waals surface area contributed by atoms with Gasteiger partial charge >= 0.3 is 0 Å². The van der Waals surface area contributed by atoms with Crippen LogP contribution in [-0.2, 0) is 13.5 Å². The van der Waals surface area contributed by atoms with Crippen molar-refractivity contribution in [2.75, 3.05) is 7.11 Å². The summed E-state index contributed by atoms with van der Waals surface area (Å²) in [4.78, 5) is 25.1. The first-order valence-electron chi connectivity index (χ1n) is 6.84. The molecule has 0 amide bonds. The van der Waals surface area contributed by atoms with Gasteiger partial charge in [0.15, 0.2) is 11.6 Å². The first-order chi connectivity index (χ1) is 10.1. The predicted octanol–water partition coefficient (Wildman–Crippen LogP) is 2.06. The van der Waals surface area contributed by atoms with E-state index in [0.29, 0.717) is 23.3 Å². The number of carbonyl (C=O) groups is 2. The fraction of sp³-hybridized carbons (Fsp3) is 0.312. The molecule has 21 heavy (non-hydrogen) atoms. The molecule has 0 radical (unpaired) electrons. The van der Waals surface area contributed by atoms with E-state index < -0.39 is 5.92 Å². The number of rotatable bonds is 3. The Morgan fingerprint density at radius 3 is 2.90 bits per heavy atom. The Morgan fingerprint density at radius 1 is 1.43 bits per heavy atom. The molecule has 0 saturated heterocycles. The van der Waals surface area contributed by atoms with Crippen molar-refractivity contribution in [3.8, 4) is 5.75 Å². The summed E-state index contributed by atoms with van der Waals surface area (Å²) in [5.41, 5.74) is 2.07. The molecule has 5 heteroatoms. The van der Waals surface area contributed by atoms with Crippen molar-refractivity contribution < 1.29 is 14.3 Å². The molecule has 1 aromatic heterocycles. The standard InChI is InChI=1S/C16H16N2O3/c1-18-9-11(8-17-18)15(19)13-6-4-10-3-5-12(21-2)7-14(10)16(13)20/h3,5,7-9,13H,4,6H2,1-2H3. The first-order valence-corrected chi connectivity index (χ1v) is 6.84. The number of aromatic nitrogens is 2. The van der Waals surface area contributed by atoms with Crippen molar-refractivity contribution in [1.29, 1.82) is 0 Å².